The minimum absolute atomic E-state index is 0.00204. The fraction of sp³-hybridized carbons (Fsp3) is 0.500. The lowest BCUT2D eigenvalue weighted by Crippen LogP contribution is -2.41. The third-order valence-corrected chi connectivity index (χ3v) is 5.30. The van der Waals surface area contributed by atoms with Crippen molar-refractivity contribution in [2.75, 3.05) is 19.0 Å². The van der Waals surface area contributed by atoms with E-state index in [0.717, 1.165) is 47.7 Å². The smallest absolute Gasteiger partial charge is 0.323 e. The molecule has 0 radical (unpaired) electrons. The Hall–Kier alpha value is -2.50. The van der Waals surface area contributed by atoms with Crippen LogP contribution >= 0.6 is 0 Å². The second-order valence-corrected chi connectivity index (χ2v) is 6.72. The Morgan fingerprint density at radius 2 is 2.12 bits per heavy atom. The molecule has 1 aromatic carbocycles. The van der Waals surface area contributed by atoms with E-state index in [1.54, 1.807) is 11.8 Å². The number of nitrogens with one attached hydrogen (secondary N) is 1. The van der Waals surface area contributed by atoms with Crippen LogP contribution in [0, 0.1) is 0 Å². The summed E-state index contributed by atoms with van der Waals surface area (Å²) in [5.41, 5.74) is 4.60. The maximum Gasteiger partial charge on any atom is 0.323 e. The molecule has 2 heterocycles. The Balaban J connectivity index is 1.84. The zero-order chi connectivity index (χ0) is 18.8. The molecule has 2 aromatic rings. The Kier molecular flexibility index (Phi) is 5.20. The topological polar surface area (TPSA) is 59.4 Å². The molecule has 26 heavy (non-hydrogen) atoms. The fourth-order valence-electron chi connectivity index (χ4n) is 3.80. The van der Waals surface area contributed by atoms with Gasteiger partial charge in [-0.3, -0.25) is 10.00 Å². The van der Waals surface area contributed by atoms with Crippen molar-refractivity contribution in [3.05, 3.63) is 40.6 Å². The first kappa shape index (κ1) is 18.3. The van der Waals surface area contributed by atoms with Gasteiger partial charge in [0.25, 0.3) is 0 Å². The molecular weight excluding hydrogens is 328 g/mol. The van der Waals surface area contributed by atoms with E-state index in [1.807, 2.05) is 24.1 Å². The van der Waals surface area contributed by atoms with Gasteiger partial charge in [0.2, 0.25) is 0 Å². The summed E-state index contributed by atoms with van der Waals surface area (Å²) in [5.74, 6) is 1.63. The molecule has 0 bridgehead atoms. The monoisotopic (exact) mass is 356 g/mol. The van der Waals surface area contributed by atoms with Crippen molar-refractivity contribution in [1.29, 1.82) is 0 Å². The SMILES string of the molecule is CCc1nn(C)c(NC(=O)N2CCc3ccc(OC)cc3[C@@H]2C)c1CC. The highest BCUT2D eigenvalue weighted by Crippen LogP contribution is 2.33. The first-order valence-corrected chi connectivity index (χ1v) is 9.29. The minimum Gasteiger partial charge on any atom is -0.497 e. The predicted molar refractivity (Wildman–Crippen MR) is 103 cm³/mol. The molecule has 6 nitrogen and oxygen atoms in total. The largest absolute Gasteiger partial charge is 0.497 e. The van der Waals surface area contributed by atoms with E-state index in [1.165, 1.54) is 5.56 Å². The highest BCUT2D eigenvalue weighted by atomic mass is 16.5. The number of aromatic nitrogens is 2. The highest BCUT2D eigenvalue weighted by Gasteiger charge is 2.29. The molecule has 0 fully saturated rings. The van der Waals surface area contributed by atoms with Gasteiger partial charge >= 0.3 is 6.03 Å². The summed E-state index contributed by atoms with van der Waals surface area (Å²) in [5, 5.41) is 7.64. The van der Waals surface area contributed by atoms with Crippen LogP contribution in [0.15, 0.2) is 18.2 Å². The standard InChI is InChI=1S/C20H28N4O2/c1-6-16-18(7-2)22-23(4)19(16)21-20(25)24-11-10-14-8-9-15(26-5)12-17(14)13(24)3/h8-9,12-13H,6-7,10-11H2,1-5H3,(H,21,25)/t13-/m0/s1. The summed E-state index contributed by atoms with van der Waals surface area (Å²) in [6.45, 7) is 6.95. The van der Waals surface area contributed by atoms with Gasteiger partial charge in [-0.05, 0) is 49.4 Å². The van der Waals surface area contributed by atoms with Crippen LogP contribution in [0.2, 0.25) is 0 Å². The summed E-state index contributed by atoms with van der Waals surface area (Å²) >= 11 is 0. The number of carbonyl (C=O) groups excluding carboxylic acids is 1. The number of anilines is 1. The Bertz CT molecular complexity index is 812. The van der Waals surface area contributed by atoms with Gasteiger partial charge in [0.15, 0.2) is 0 Å². The quantitative estimate of drug-likeness (QED) is 0.908. The van der Waals surface area contributed by atoms with Gasteiger partial charge < -0.3 is 9.64 Å². The number of rotatable bonds is 4. The highest BCUT2D eigenvalue weighted by molar-refractivity contribution is 5.90. The maximum absolute atomic E-state index is 13.0. The zero-order valence-electron chi connectivity index (χ0n) is 16.3. The number of ether oxygens (including phenoxy) is 1. The van der Waals surface area contributed by atoms with E-state index in [-0.39, 0.29) is 12.1 Å². The second kappa shape index (κ2) is 7.40. The van der Waals surface area contributed by atoms with E-state index in [9.17, 15) is 4.79 Å². The molecule has 0 aliphatic carbocycles. The lowest BCUT2D eigenvalue weighted by molar-refractivity contribution is 0.188. The van der Waals surface area contributed by atoms with Crippen molar-refractivity contribution in [2.24, 2.45) is 7.05 Å². The first-order chi connectivity index (χ1) is 12.5. The molecule has 1 aliphatic heterocycles. The number of aryl methyl sites for hydroxylation is 2. The molecule has 3 rings (SSSR count). The number of hydrogen-bond acceptors (Lipinski definition) is 3. The molecule has 0 saturated heterocycles. The number of carbonyl (C=O) groups is 1. The Labute approximate surface area is 155 Å². The molecule has 1 N–H and O–H groups in total. The predicted octanol–water partition coefficient (Wildman–Crippen LogP) is 3.70. The van der Waals surface area contributed by atoms with E-state index >= 15 is 0 Å². The number of amides is 2. The number of benzene rings is 1. The van der Waals surface area contributed by atoms with Crippen molar-refractivity contribution < 1.29 is 9.53 Å². The van der Waals surface area contributed by atoms with Crippen molar-refractivity contribution in [3.63, 3.8) is 0 Å². The maximum atomic E-state index is 13.0. The summed E-state index contributed by atoms with van der Waals surface area (Å²) in [4.78, 5) is 14.9. The number of nitrogens with zero attached hydrogens (tertiary/aromatic N) is 3. The van der Waals surface area contributed by atoms with Crippen LogP contribution < -0.4 is 10.1 Å². The van der Waals surface area contributed by atoms with Crippen molar-refractivity contribution in [2.45, 2.75) is 46.1 Å². The van der Waals surface area contributed by atoms with E-state index in [2.05, 4.69) is 37.3 Å². The van der Waals surface area contributed by atoms with Crippen LogP contribution in [0.3, 0.4) is 0 Å². The van der Waals surface area contributed by atoms with Crippen molar-refractivity contribution in [3.8, 4) is 5.75 Å². The number of fused-ring (bicyclic) bond motifs is 1. The van der Waals surface area contributed by atoms with Gasteiger partial charge in [-0.15, -0.1) is 0 Å². The molecule has 6 heteroatoms. The molecule has 2 amide bonds. The van der Waals surface area contributed by atoms with Crippen molar-refractivity contribution in [1.82, 2.24) is 14.7 Å². The third kappa shape index (κ3) is 3.16. The van der Waals surface area contributed by atoms with Gasteiger partial charge in [-0.25, -0.2) is 4.79 Å². The molecule has 1 atom stereocenters. The molecule has 1 aromatic heterocycles. The summed E-state index contributed by atoms with van der Waals surface area (Å²) in [6.07, 6.45) is 2.56. The van der Waals surface area contributed by atoms with Crippen LogP contribution in [0.1, 0.15) is 49.2 Å². The van der Waals surface area contributed by atoms with Crippen LogP contribution in [0.25, 0.3) is 0 Å². The van der Waals surface area contributed by atoms with E-state index in [4.69, 9.17) is 4.74 Å². The van der Waals surface area contributed by atoms with Crippen molar-refractivity contribution >= 4 is 11.8 Å². The molecule has 0 unspecified atom stereocenters. The molecule has 1 aliphatic rings. The number of methoxy groups -OCH3 is 1. The Morgan fingerprint density at radius 1 is 1.35 bits per heavy atom. The van der Waals surface area contributed by atoms with Crippen LogP contribution in [-0.4, -0.2) is 34.4 Å². The van der Waals surface area contributed by atoms with Gasteiger partial charge in [0.1, 0.15) is 11.6 Å². The van der Waals surface area contributed by atoms with E-state index < -0.39 is 0 Å². The summed E-state index contributed by atoms with van der Waals surface area (Å²) < 4.78 is 7.13. The molecule has 0 spiro atoms. The average molecular weight is 356 g/mol. The van der Waals surface area contributed by atoms with Gasteiger partial charge in [0.05, 0.1) is 18.8 Å². The molecular formula is C20H28N4O2. The second-order valence-electron chi connectivity index (χ2n) is 6.72. The number of hydrogen-bond donors (Lipinski definition) is 1. The minimum atomic E-state index is -0.0775. The zero-order valence-corrected chi connectivity index (χ0v) is 16.3. The average Bonchev–Trinajstić information content (AvgIpc) is 2.96. The molecule has 0 saturated carbocycles. The summed E-state index contributed by atoms with van der Waals surface area (Å²) in [6, 6.07) is 6.04. The van der Waals surface area contributed by atoms with Gasteiger partial charge in [0, 0.05) is 19.2 Å². The van der Waals surface area contributed by atoms with Gasteiger partial charge in [-0.2, -0.15) is 5.10 Å². The van der Waals surface area contributed by atoms with Crippen LogP contribution in [0.5, 0.6) is 5.75 Å². The van der Waals surface area contributed by atoms with E-state index in [0.29, 0.717) is 6.54 Å². The third-order valence-electron chi connectivity index (χ3n) is 5.30. The van der Waals surface area contributed by atoms with Crippen LogP contribution in [-0.2, 0) is 26.3 Å². The first-order valence-electron chi connectivity index (χ1n) is 9.29. The fourth-order valence-corrected chi connectivity index (χ4v) is 3.80. The Morgan fingerprint density at radius 3 is 2.77 bits per heavy atom. The normalized spacial score (nSPS) is 16.3. The van der Waals surface area contributed by atoms with Crippen LogP contribution in [0.4, 0.5) is 10.6 Å². The lowest BCUT2D eigenvalue weighted by Gasteiger charge is -2.35. The number of urea groups is 1. The molecule has 140 valence electrons. The summed E-state index contributed by atoms with van der Waals surface area (Å²) in [7, 11) is 3.55. The lowest BCUT2D eigenvalue weighted by atomic mass is 9.93. The van der Waals surface area contributed by atoms with Gasteiger partial charge in [-0.1, -0.05) is 19.9 Å².